The smallest absolute Gasteiger partial charge is 0.189 e. The molecule has 2 bridgehead atoms. The van der Waals surface area contributed by atoms with Gasteiger partial charge in [0.15, 0.2) is 5.78 Å². The zero-order valence-electron chi connectivity index (χ0n) is 26.7. The summed E-state index contributed by atoms with van der Waals surface area (Å²) in [5, 5.41) is 44.0. The molecule has 2 aromatic rings. The maximum absolute atomic E-state index is 14.6. The van der Waals surface area contributed by atoms with Gasteiger partial charge >= 0.3 is 0 Å². The van der Waals surface area contributed by atoms with Gasteiger partial charge in [-0.2, -0.15) is 0 Å². The fourth-order valence-corrected chi connectivity index (χ4v) is 11.1. The fourth-order valence-electron chi connectivity index (χ4n) is 11.1. The number of hydrogen-bond donors (Lipinski definition) is 4. The van der Waals surface area contributed by atoms with Gasteiger partial charge in [0.1, 0.15) is 0 Å². The van der Waals surface area contributed by atoms with E-state index in [-0.39, 0.29) is 47.7 Å². The molecule has 0 amide bonds. The first-order chi connectivity index (χ1) is 21.5. The Balaban J connectivity index is 1.30. The Morgan fingerprint density at radius 3 is 2.27 bits per heavy atom. The highest BCUT2D eigenvalue weighted by Gasteiger charge is 2.74. The van der Waals surface area contributed by atoms with Gasteiger partial charge in [0.05, 0.1) is 24.4 Å². The molecule has 6 heteroatoms. The van der Waals surface area contributed by atoms with E-state index in [4.69, 9.17) is 0 Å². The van der Waals surface area contributed by atoms with Crippen LogP contribution in [0.4, 0.5) is 0 Å². The number of hydrogen-bond acceptors (Lipinski definition) is 6. The summed E-state index contributed by atoms with van der Waals surface area (Å²) in [6, 6.07) is 19.7. The Hall–Kier alpha value is -2.61. The lowest BCUT2D eigenvalue weighted by Crippen LogP contribution is -2.67. The lowest BCUT2D eigenvalue weighted by Gasteiger charge is -2.71. The molecule has 6 aliphatic carbocycles. The monoisotopic (exact) mass is 611 g/mol. The average Bonchev–Trinajstić information content (AvgIpc) is 3.31. The zero-order chi connectivity index (χ0) is 31.7. The van der Waals surface area contributed by atoms with E-state index in [9.17, 15) is 25.2 Å². The summed E-state index contributed by atoms with van der Waals surface area (Å²) in [5.74, 6) is 0.377. The molecule has 0 saturated heterocycles. The van der Waals surface area contributed by atoms with Gasteiger partial charge < -0.3 is 20.4 Å². The van der Waals surface area contributed by atoms with Crippen LogP contribution in [0, 0.1) is 33.5 Å². The van der Waals surface area contributed by atoms with Crippen LogP contribution in [0.5, 0.6) is 0 Å². The lowest BCUT2D eigenvalue weighted by atomic mass is 9.32. The highest BCUT2D eigenvalue weighted by atomic mass is 16.3. The summed E-state index contributed by atoms with van der Waals surface area (Å²) in [4.78, 5) is 16.7. The van der Waals surface area contributed by atoms with Crippen LogP contribution in [0.1, 0.15) is 74.7 Å². The van der Waals surface area contributed by atoms with Crippen LogP contribution in [0.2, 0.25) is 0 Å². The summed E-state index contributed by atoms with van der Waals surface area (Å²) in [6.07, 6.45) is 11.2. The van der Waals surface area contributed by atoms with Crippen molar-refractivity contribution < 1.29 is 25.2 Å². The van der Waals surface area contributed by atoms with E-state index >= 15 is 0 Å². The predicted molar refractivity (Wildman–Crippen MR) is 174 cm³/mol. The number of aliphatic hydroxyl groups excluding tert-OH is 3. The third-order valence-electron chi connectivity index (χ3n) is 13.4. The zero-order valence-corrected chi connectivity index (χ0v) is 26.7. The first kappa shape index (κ1) is 31.0. The SMILES string of the molecule is C[C@]12CC[C@H]3[C@]4(C=C[C@@]5(C=C4C(=O)c4ccccc4)CC(O)CC[C@]35C)[C@@H]1CC[C@@]2(O)CN(Cc1ccccc1)C[C@H](O)CO. The minimum Gasteiger partial charge on any atom is -0.394 e. The fraction of sp³-hybridized carbons (Fsp3) is 0.564. The predicted octanol–water partition coefficient (Wildman–Crippen LogP) is 5.32. The summed E-state index contributed by atoms with van der Waals surface area (Å²) < 4.78 is 0. The lowest BCUT2D eigenvalue weighted by molar-refractivity contribution is -0.177. The number of Topliss-reactive ketones (excluding diaryl/α,β-unsaturated/α-hetero) is 1. The maximum atomic E-state index is 14.6. The average molecular weight is 612 g/mol. The van der Waals surface area contributed by atoms with Crippen molar-refractivity contribution in [2.45, 2.75) is 83.1 Å². The number of ketones is 1. The van der Waals surface area contributed by atoms with Crippen molar-refractivity contribution in [2.75, 3.05) is 19.7 Å². The molecule has 1 unspecified atom stereocenters. The molecule has 240 valence electrons. The number of benzene rings is 2. The molecule has 45 heavy (non-hydrogen) atoms. The number of carbonyl (C=O) groups is 1. The number of aliphatic hydroxyl groups is 4. The highest BCUT2D eigenvalue weighted by Crippen LogP contribution is 2.78. The minimum absolute atomic E-state index is 0.0622. The van der Waals surface area contributed by atoms with Gasteiger partial charge in [-0.25, -0.2) is 0 Å². The Morgan fingerprint density at radius 1 is 0.911 bits per heavy atom. The molecule has 8 rings (SSSR count). The van der Waals surface area contributed by atoms with E-state index in [0.29, 0.717) is 31.5 Å². The largest absolute Gasteiger partial charge is 0.394 e. The van der Waals surface area contributed by atoms with Crippen LogP contribution >= 0.6 is 0 Å². The molecule has 3 fully saturated rings. The van der Waals surface area contributed by atoms with Gasteiger partial charge in [0.2, 0.25) is 0 Å². The first-order valence-corrected chi connectivity index (χ1v) is 17.0. The van der Waals surface area contributed by atoms with Gasteiger partial charge in [0, 0.05) is 47.0 Å². The van der Waals surface area contributed by atoms with Crippen molar-refractivity contribution >= 4 is 5.78 Å². The quantitative estimate of drug-likeness (QED) is 0.226. The van der Waals surface area contributed by atoms with Crippen LogP contribution in [0.15, 0.2) is 84.5 Å². The Labute approximate surface area is 267 Å². The molecule has 0 aromatic heterocycles. The van der Waals surface area contributed by atoms with Crippen molar-refractivity contribution in [1.29, 1.82) is 0 Å². The third-order valence-corrected chi connectivity index (χ3v) is 13.4. The summed E-state index contributed by atoms with van der Waals surface area (Å²) in [7, 11) is 0. The van der Waals surface area contributed by atoms with E-state index in [1.807, 2.05) is 48.5 Å². The Kier molecular flexibility index (Phi) is 7.57. The van der Waals surface area contributed by atoms with Crippen molar-refractivity contribution in [3.8, 4) is 0 Å². The number of carbonyl (C=O) groups excluding carboxylic acids is 1. The molecular weight excluding hydrogens is 562 g/mol. The molecule has 6 nitrogen and oxygen atoms in total. The third kappa shape index (κ3) is 4.51. The molecular formula is C39H49NO5. The normalized spacial score (nSPS) is 40.4. The second kappa shape index (κ2) is 11.0. The van der Waals surface area contributed by atoms with Gasteiger partial charge in [-0.15, -0.1) is 0 Å². The summed E-state index contributed by atoms with van der Waals surface area (Å²) >= 11 is 0. The van der Waals surface area contributed by atoms with Gasteiger partial charge in [0.25, 0.3) is 0 Å². The van der Waals surface area contributed by atoms with Crippen molar-refractivity contribution in [1.82, 2.24) is 4.90 Å². The molecule has 0 heterocycles. The molecule has 6 aliphatic rings. The first-order valence-electron chi connectivity index (χ1n) is 17.0. The second-order valence-corrected chi connectivity index (χ2v) is 15.5. The molecule has 3 saturated carbocycles. The number of allylic oxidation sites excluding steroid dienone is 4. The van der Waals surface area contributed by atoms with E-state index < -0.39 is 22.5 Å². The molecule has 2 aromatic carbocycles. The maximum Gasteiger partial charge on any atom is 0.189 e. The van der Waals surface area contributed by atoms with Crippen LogP contribution in [-0.2, 0) is 6.54 Å². The van der Waals surface area contributed by atoms with Crippen LogP contribution in [0.3, 0.4) is 0 Å². The molecule has 4 N–H and O–H groups in total. The number of nitrogens with zero attached hydrogens (tertiary/aromatic N) is 1. The standard InChI is InChI=1S/C39H49NO5/c1-35-16-13-29(42)21-37(35)19-20-39(31(22-37)34(44)28-11-7-4-8-12-28)32(35)14-17-36(2)33(39)15-18-38(36,45)26-40(24-30(43)25-41)23-27-9-5-3-6-10-27/h3-12,19-20,22,29-30,32-33,41-43,45H,13-18,21,23-26H2,1-2H3/t29?,30-,32+,33+,35+,36-,37-,38+,39+/m0/s1. The van der Waals surface area contributed by atoms with Crippen molar-refractivity contribution in [2.24, 2.45) is 33.5 Å². The Morgan fingerprint density at radius 2 is 1.56 bits per heavy atom. The van der Waals surface area contributed by atoms with Crippen molar-refractivity contribution in [3.63, 3.8) is 0 Å². The van der Waals surface area contributed by atoms with E-state index in [0.717, 1.165) is 43.2 Å². The van der Waals surface area contributed by atoms with E-state index in [1.54, 1.807) is 0 Å². The Bertz CT molecular complexity index is 1490. The molecule has 0 aliphatic heterocycles. The van der Waals surface area contributed by atoms with Gasteiger partial charge in [-0.1, -0.05) is 92.7 Å². The van der Waals surface area contributed by atoms with E-state index in [2.05, 4.69) is 49.1 Å². The second-order valence-electron chi connectivity index (χ2n) is 15.5. The number of fused-ring (bicyclic) bond motifs is 1. The highest BCUT2D eigenvalue weighted by molar-refractivity contribution is 6.10. The topological polar surface area (TPSA) is 101 Å². The van der Waals surface area contributed by atoms with Gasteiger partial charge in [-0.3, -0.25) is 9.69 Å². The molecule has 2 spiro atoms. The minimum atomic E-state index is -1.04. The van der Waals surface area contributed by atoms with E-state index in [1.165, 1.54) is 0 Å². The van der Waals surface area contributed by atoms with Gasteiger partial charge in [-0.05, 0) is 67.8 Å². The van der Waals surface area contributed by atoms with Crippen molar-refractivity contribution in [3.05, 3.63) is 95.6 Å². The molecule has 9 atom stereocenters. The summed E-state index contributed by atoms with van der Waals surface area (Å²) in [5.41, 5.74) is 0.220. The summed E-state index contributed by atoms with van der Waals surface area (Å²) in [6.45, 7) is 5.54. The van der Waals surface area contributed by atoms with Crippen LogP contribution < -0.4 is 0 Å². The van der Waals surface area contributed by atoms with Crippen LogP contribution in [0.25, 0.3) is 0 Å². The molecule has 0 radical (unpaired) electrons. The van der Waals surface area contributed by atoms with Crippen LogP contribution in [-0.4, -0.2) is 68.6 Å². The number of rotatable bonds is 9.